The fourth-order valence-corrected chi connectivity index (χ4v) is 3.65. The molecule has 2 amide bonds. The fourth-order valence-electron chi connectivity index (χ4n) is 3.65. The minimum absolute atomic E-state index is 0.0125. The number of pyridine rings is 2. The van der Waals surface area contributed by atoms with E-state index < -0.39 is 0 Å². The molecule has 26 heavy (non-hydrogen) atoms. The van der Waals surface area contributed by atoms with Crippen LogP contribution in [0.3, 0.4) is 0 Å². The highest BCUT2D eigenvalue weighted by Crippen LogP contribution is 2.44. The van der Waals surface area contributed by atoms with Gasteiger partial charge in [0, 0.05) is 43.5 Å². The minimum atomic E-state index is -0.310. The van der Waals surface area contributed by atoms with E-state index in [2.05, 4.69) is 15.3 Å². The maximum atomic E-state index is 12.6. The smallest absolute Gasteiger partial charge is 0.252 e. The molecule has 2 aliphatic rings. The Morgan fingerprint density at radius 1 is 1.27 bits per heavy atom. The van der Waals surface area contributed by atoms with Crippen molar-refractivity contribution in [1.82, 2.24) is 20.2 Å². The number of likely N-dealkylation sites (tertiary alicyclic amines) is 1. The van der Waals surface area contributed by atoms with Crippen LogP contribution in [0.1, 0.15) is 41.2 Å². The highest BCUT2D eigenvalue weighted by Gasteiger charge is 2.47. The Labute approximate surface area is 151 Å². The lowest BCUT2D eigenvalue weighted by atomic mass is 9.94. The van der Waals surface area contributed by atoms with Gasteiger partial charge >= 0.3 is 0 Å². The van der Waals surface area contributed by atoms with E-state index in [1.165, 1.54) is 18.5 Å². The van der Waals surface area contributed by atoms with Gasteiger partial charge in [-0.05, 0) is 30.5 Å². The Hall–Kier alpha value is -2.96. The number of nitrogens with one attached hydrogen (secondary N) is 1. The van der Waals surface area contributed by atoms with Crippen molar-refractivity contribution in [3.8, 4) is 5.75 Å². The molecule has 2 aromatic rings. The summed E-state index contributed by atoms with van der Waals surface area (Å²) in [6, 6.07) is 5.48. The van der Waals surface area contributed by atoms with Gasteiger partial charge in [0.25, 0.3) is 5.91 Å². The quantitative estimate of drug-likeness (QED) is 0.853. The van der Waals surface area contributed by atoms with Crippen LogP contribution < -0.4 is 5.32 Å². The van der Waals surface area contributed by atoms with Gasteiger partial charge in [0.15, 0.2) is 0 Å². The predicted molar refractivity (Wildman–Crippen MR) is 93.2 cm³/mol. The summed E-state index contributed by atoms with van der Waals surface area (Å²) >= 11 is 0. The van der Waals surface area contributed by atoms with E-state index >= 15 is 0 Å². The molecule has 0 bridgehead atoms. The molecule has 1 aliphatic heterocycles. The molecule has 2 atom stereocenters. The molecule has 0 spiro atoms. The van der Waals surface area contributed by atoms with Crippen LogP contribution in [0.5, 0.6) is 5.75 Å². The summed E-state index contributed by atoms with van der Waals surface area (Å²) in [6.45, 7) is 0.378. The van der Waals surface area contributed by atoms with Crippen LogP contribution in [0.2, 0.25) is 0 Å². The number of aromatic nitrogens is 2. The van der Waals surface area contributed by atoms with Crippen molar-refractivity contribution in [3.05, 3.63) is 54.1 Å². The van der Waals surface area contributed by atoms with Gasteiger partial charge in [0.2, 0.25) is 5.91 Å². The largest absolute Gasteiger partial charge is 0.506 e. The molecular weight excluding hydrogens is 332 g/mol. The van der Waals surface area contributed by atoms with Crippen LogP contribution in [0.15, 0.2) is 43.0 Å². The maximum Gasteiger partial charge on any atom is 0.252 e. The normalized spacial score (nSPS) is 22.5. The van der Waals surface area contributed by atoms with Gasteiger partial charge in [0.1, 0.15) is 5.75 Å². The summed E-state index contributed by atoms with van der Waals surface area (Å²) in [5.41, 5.74) is 1.30. The molecule has 7 heteroatoms. The first-order chi connectivity index (χ1) is 12.6. The standard InChI is InChI=1S/C19H20N4O3/c24-16-6-14(9-21-11-16)19(26)22-10-13-7-17(25)23(15-3-4-15)18(13)12-2-1-5-20-8-12/h1-2,5-6,8-9,11,13,15,18,24H,3-4,7,10H2,(H,22,26)/t13-,18-/m0/s1. The Morgan fingerprint density at radius 2 is 2.12 bits per heavy atom. The van der Waals surface area contributed by atoms with E-state index in [4.69, 9.17) is 0 Å². The van der Waals surface area contributed by atoms with E-state index in [9.17, 15) is 14.7 Å². The molecule has 134 valence electrons. The lowest BCUT2D eigenvalue weighted by Gasteiger charge is -2.28. The maximum absolute atomic E-state index is 12.6. The second-order valence-corrected chi connectivity index (χ2v) is 6.87. The van der Waals surface area contributed by atoms with E-state index in [-0.39, 0.29) is 29.5 Å². The Kier molecular flexibility index (Phi) is 4.28. The molecule has 1 saturated heterocycles. The first kappa shape index (κ1) is 16.5. The summed E-state index contributed by atoms with van der Waals surface area (Å²) < 4.78 is 0. The number of rotatable bonds is 5. The number of nitrogens with zero attached hydrogens (tertiary/aromatic N) is 3. The minimum Gasteiger partial charge on any atom is -0.506 e. The van der Waals surface area contributed by atoms with Gasteiger partial charge in [0.05, 0.1) is 17.8 Å². The van der Waals surface area contributed by atoms with E-state index in [1.54, 1.807) is 12.4 Å². The Bertz CT molecular complexity index is 823. The van der Waals surface area contributed by atoms with Gasteiger partial charge in [-0.2, -0.15) is 0 Å². The summed E-state index contributed by atoms with van der Waals surface area (Å²) in [6.07, 6.45) is 8.68. The first-order valence-electron chi connectivity index (χ1n) is 8.77. The van der Waals surface area contributed by atoms with Crippen molar-refractivity contribution in [2.45, 2.75) is 31.3 Å². The SMILES string of the molecule is O=C(NC[C@@H]1CC(=O)N(C2CC2)[C@H]1c1cccnc1)c1cncc(O)c1. The van der Waals surface area contributed by atoms with Crippen molar-refractivity contribution in [3.63, 3.8) is 0 Å². The predicted octanol–water partition coefficient (Wildman–Crippen LogP) is 1.66. The third-order valence-corrected chi connectivity index (χ3v) is 4.95. The number of hydrogen-bond acceptors (Lipinski definition) is 5. The summed E-state index contributed by atoms with van der Waals surface area (Å²) in [5.74, 6) is -0.237. The molecule has 1 aliphatic carbocycles. The molecule has 1 saturated carbocycles. The highest BCUT2D eigenvalue weighted by molar-refractivity contribution is 5.94. The number of carbonyl (C=O) groups excluding carboxylic acids is 2. The van der Waals surface area contributed by atoms with Crippen LogP contribution in [-0.4, -0.2) is 44.4 Å². The molecule has 4 rings (SSSR count). The average molecular weight is 352 g/mol. The highest BCUT2D eigenvalue weighted by atomic mass is 16.3. The van der Waals surface area contributed by atoms with Crippen LogP contribution >= 0.6 is 0 Å². The van der Waals surface area contributed by atoms with E-state index in [0.29, 0.717) is 24.6 Å². The Balaban J connectivity index is 1.51. The van der Waals surface area contributed by atoms with E-state index in [0.717, 1.165) is 18.4 Å². The van der Waals surface area contributed by atoms with Gasteiger partial charge in [-0.15, -0.1) is 0 Å². The third-order valence-electron chi connectivity index (χ3n) is 4.95. The fraction of sp³-hybridized carbons (Fsp3) is 0.368. The Morgan fingerprint density at radius 3 is 2.81 bits per heavy atom. The van der Waals surface area contributed by atoms with Crippen molar-refractivity contribution in [2.75, 3.05) is 6.54 Å². The van der Waals surface area contributed by atoms with Crippen molar-refractivity contribution >= 4 is 11.8 Å². The van der Waals surface area contributed by atoms with E-state index in [1.807, 2.05) is 17.0 Å². The van der Waals surface area contributed by atoms with Gasteiger partial charge in [-0.1, -0.05) is 6.07 Å². The van der Waals surface area contributed by atoms with Crippen molar-refractivity contribution in [1.29, 1.82) is 0 Å². The van der Waals surface area contributed by atoms with Gasteiger partial charge in [-0.25, -0.2) is 0 Å². The van der Waals surface area contributed by atoms with Crippen LogP contribution in [0.4, 0.5) is 0 Å². The van der Waals surface area contributed by atoms with Crippen molar-refractivity contribution in [2.24, 2.45) is 5.92 Å². The molecule has 3 heterocycles. The number of carbonyl (C=O) groups is 2. The number of amides is 2. The molecule has 7 nitrogen and oxygen atoms in total. The molecule has 2 N–H and O–H groups in total. The molecule has 2 fully saturated rings. The zero-order chi connectivity index (χ0) is 18.1. The van der Waals surface area contributed by atoms with Crippen LogP contribution in [0, 0.1) is 5.92 Å². The third kappa shape index (κ3) is 3.24. The zero-order valence-corrected chi connectivity index (χ0v) is 14.2. The van der Waals surface area contributed by atoms with Gasteiger partial charge < -0.3 is 15.3 Å². The number of aromatic hydroxyl groups is 1. The summed E-state index contributed by atoms with van der Waals surface area (Å²) in [4.78, 5) is 34.9. The molecular formula is C19H20N4O3. The lowest BCUT2D eigenvalue weighted by molar-refractivity contribution is -0.129. The second-order valence-electron chi connectivity index (χ2n) is 6.87. The molecule has 0 aromatic carbocycles. The monoisotopic (exact) mass is 352 g/mol. The van der Waals surface area contributed by atoms with Crippen LogP contribution in [0.25, 0.3) is 0 Å². The topological polar surface area (TPSA) is 95.4 Å². The summed E-state index contributed by atoms with van der Waals surface area (Å²) in [7, 11) is 0. The molecule has 0 radical (unpaired) electrons. The summed E-state index contributed by atoms with van der Waals surface area (Å²) in [5, 5.41) is 12.3. The number of hydrogen-bond donors (Lipinski definition) is 2. The zero-order valence-electron chi connectivity index (χ0n) is 14.2. The lowest BCUT2D eigenvalue weighted by Crippen LogP contribution is -2.35. The van der Waals surface area contributed by atoms with Crippen LogP contribution in [-0.2, 0) is 4.79 Å². The molecule has 2 aromatic heterocycles. The average Bonchev–Trinajstić information content (AvgIpc) is 3.43. The van der Waals surface area contributed by atoms with Gasteiger partial charge in [-0.3, -0.25) is 19.6 Å². The second kappa shape index (κ2) is 6.74. The first-order valence-corrected chi connectivity index (χ1v) is 8.77. The molecule has 0 unspecified atom stereocenters. The van der Waals surface area contributed by atoms with Crippen molar-refractivity contribution < 1.29 is 14.7 Å².